The number of carbonyl (C=O) groups is 2. The molecule has 18 heavy (non-hydrogen) atoms. The van der Waals surface area contributed by atoms with Gasteiger partial charge in [0.25, 0.3) is 0 Å². The smallest absolute Gasteiger partial charge is 0.332 e. The molecular formula is C13H15NO4. The van der Waals surface area contributed by atoms with Crippen LogP contribution in [-0.4, -0.2) is 41.1 Å². The lowest BCUT2D eigenvalue weighted by atomic mass is 10.2. The summed E-state index contributed by atoms with van der Waals surface area (Å²) in [5.41, 5.74) is 1.03. The number of hydrogen-bond acceptors (Lipinski definition) is 3. The highest BCUT2D eigenvalue weighted by Gasteiger charge is 2.27. The molecule has 0 spiro atoms. The standard InChI is InChI=1S/C13H15NO4/c15-12-9-18-11(13(16)17)6-7-14(12)8-10-4-2-1-3-5-10/h1-5,11H,6-9H2,(H,16,17). The van der Waals surface area contributed by atoms with Crippen molar-refractivity contribution in [3.8, 4) is 0 Å². The SMILES string of the molecule is O=C(O)C1CCN(Cc2ccccc2)C(=O)CO1. The maximum Gasteiger partial charge on any atom is 0.332 e. The predicted octanol–water partition coefficient (Wildman–Crippen LogP) is 0.889. The number of aliphatic carboxylic acids is 1. The van der Waals surface area contributed by atoms with Gasteiger partial charge in [-0.1, -0.05) is 30.3 Å². The minimum atomic E-state index is -1.01. The summed E-state index contributed by atoms with van der Waals surface area (Å²) < 4.78 is 5.05. The third-order valence-electron chi connectivity index (χ3n) is 2.91. The average Bonchev–Trinajstić information content (AvgIpc) is 2.54. The van der Waals surface area contributed by atoms with E-state index in [9.17, 15) is 9.59 Å². The first kappa shape index (κ1) is 12.6. The zero-order valence-corrected chi connectivity index (χ0v) is 9.91. The molecule has 5 heteroatoms. The van der Waals surface area contributed by atoms with Crippen molar-refractivity contribution in [2.24, 2.45) is 0 Å². The molecule has 0 bridgehead atoms. The first-order chi connectivity index (χ1) is 8.66. The Hall–Kier alpha value is -1.88. The molecule has 0 radical (unpaired) electrons. The van der Waals surface area contributed by atoms with Crippen LogP contribution in [0, 0.1) is 0 Å². The van der Waals surface area contributed by atoms with Gasteiger partial charge in [-0.3, -0.25) is 4.79 Å². The van der Waals surface area contributed by atoms with Crippen molar-refractivity contribution >= 4 is 11.9 Å². The highest BCUT2D eigenvalue weighted by molar-refractivity contribution is 5.79. The van der Waals surface area contributed by atoms with Gasteiger partial charge in [0.05, 0.1) is 0 Å². The molecule has 1 saturated heterocycles. The molecule has 0 saturated carbocycles. The summed E-state index contributed by atoms with van der Waals surface area (Å²) in [7, 11) is 0. The van der Waals surface area contributed by atoms with Gasteiger partial charge < -0.3 is 14.7 Å². The van der Waals surface area contributed by atoms with Gasteiger partial charge >= 0.3 is 5.97 Å². The van der Waals surface area contributed by atoms with Gasteiger partial charge in [0.1, 0.15) is 6.61 Å². The van der Waals surface area contributed by atoms with Crippen molar-refractivity contribution < 1.29 is 19.4 Å². The maximum absolute atomic E-state index is 11.8. The molecule has 1 aromatic carbocycles. The van der Waals surface area contributed by atoms with Crippen LogP contribution in [0.25, 0.3) is 0 Å². The van der Waals surface area contributed by atoms with E-state index in [0.717, 1.165) is 5.56 Å². The maximum atomic E-state index is 11.8. The predicted molar refractivity (Wildman–Crippen MR) is 63.9 cm³/mol. The molecule has 0 aromatic heterocycles. The van der Waals surface area contributed by atoms with Gasteiger partial charge in [-0.2, -0.15) is 0 Å². The summed E-state index contributed by atoms with van der Waals surface area (Å²) in [6.07, 6.45) is -0.553. The Morgan fingerprint density at radius 3 is 2.78 bits per heavy atom. The molecule has 1 N–H and O–H groups in total. The highest BCUT2D eigenvalue weighted by atomic mass is 16.5. The van der Waals surface area contributed by atoms with Crippen LogP contribution in [0.15, 0.2) is 30.3 Å². The van der Waals surface area contributed by atoms with Crippen LogP contribution in [-0.2, 0) is 20.9 Å². The third-order valence-corrected chi connectivity index (χ3v) is 2.91. The van der Waals surface area contributed by atoms with E-state index < -0.39 is 12.1 Å². The first-order valence-electron chi connectivity index (χ1n) is 5.83. The molecule has 1 aliphatic heterocycles. The lowest BCUT2D eigenvalue weighted by Crippen LogP contribution is -2.32. The average molecular weight is 249 g/mol. The van der Waals surface area contributed by atoms with E-state index in [1.807, 2.05) is 30.3 Å². The van der Waals surface area contributed by atoms with Gasteiger partial charge in [0.15, 0.2) is 6.10 Å². The summed E-state index contributed by atoms with van der Waals surface area (Å²) >= 11 is 0. The number of rotatable bonds is 3. The normalized spacial score (nSPS) is 20.6. The molecule has 2 rings (SSSR count). The molecule has 1 aliphatic rings. The number of nitrogens with zero attached hydrogens (tertiary/aromatic N) is 1. The summed E-state index contributed by atoms with van der Waals surface area (Å²) in [6, 6.07) is 9.61. The van der Waals surface area contributed by atoms with Crippen molar-refractivity contribution in [3.05, 3.63) is 35.9 Å². The van der Waals surface area contributed by atoms with Gasteiger partial charge in [-0.15, -0.1) is 0 Å². The summed E-state index contributed by atoms with van der Waals surface area (Å²) in [6.45, 7) is 0.740. The van der Waals surface area contributed by atoms with E-state index in [0.29, 0.717) is 19.5 Å². The van der Waals surface area contributed by atoms with Crippen LogP contribution in [0.1, 0.15) is 12.0 Å². The van der Waals surface area contributed by atoms with E-state index in [1.165, 1.54) is 0 Å². The minimum absolute atomic E-state index is 0.163. The Balaban J connectivity index is 2.00. The molecule has 1 heterocycles. The van der Waals surface area contributed by atoms with E-state index in [4.69, 9.17) is 9.84 Å². The van der Waals surface area contributed by atoms with Crippen molar-refractivity contribution in [3.63, 3.8) is 0 Å². The van der Waals surface area contributed by atoms with Gasteiger partial charge in [0, 0.05) is 19.5 Å². The molecule has 96 valence electrons. The molecule has 1 aromatic rings. The Bertz CT molecular complexity index is 432. The second kappa shape index (κ2) is 5.64. The second-order valence-electron chi connectivity index (χ2n) is 4.23. The van der Waals surface area contributed by atoms with Crippen molar-refractivity contribution in [1.82, 2.24) is 4.90 Å². The van der Waals surface area contributed by atoms with E-state index in [2.05, 4.69) is 0 Å². The Morgan fingerprint density at radius 1 is 1.39 bits per heavy atom. The van der Waals surface area contributed by atoms with E-state index in [-0.39, 0.29) is 12.5 Å². The fraction of sp³-hybridized carbons (Fsp3) is 0.385. The molecule has 0 aliphatic carbocycles. The lowest BCUT2D eigenvalue weighted by Gasteiger charge is -2.19. The summed E-state index contributed by atoms with van der Waals surface area (Å²) in [5, 5.41) is 8.87. The lowest BCUT2D eigenvalue weighted by molar-refractivity contribution is -0.151. The fourth-order valence-electron chi connectivity index (χ4n) is 1.91. The van der Waals surface area contributed by atoms with Crippen molar-refractivity contribution in [1.29, 1.82) is 0 Å². The number of carbonyl (C=O) groups excluding carboxylic acids is 1. The molecule has 1 fully saturated rings. The number of carboxylic acids is 1. The highest BCUT2D eigenvalue weighted by Crippen LogP contribution is 2.12. The zero-order valence-electron chi connectivity index (χ0n) is 9.91. The summed E-state index contributed by atoms with van der Waals surface area (Å²) in [5.74, 6) is -1.17. The molecule has 1 unspecified atom stereocenters. The largest absolute Gasteiger partial charge is 0.479 e. The molecular weight excluding hydrogens is 234 g/mol. The van der Waals surface area contributed by atoms with Crippen LogP contribution < -0.4 is 0 Å². The first-order valence-corrected chi connectivity index (χ1v) is 5.83. The third kappa shape index (κ3) is 3.07. The van der Waals surface area contributed by atoms with Gasteiger partial charge in [-0.05, 0) is 5.56 Å². The van der Waals surface area contributed by atoms with Crippen molar-refractivity contribution in [2.75, 3.05) is 13.2 Å². The van der Waals surface area contributed by atoms with Crippen molar-refractivity contribution in [2.45, 2.75) is 19.1 Å². The van der Waals surface area contributed by atoms with Crippen LogP contribution in [0.4, 0.5) is 0 Å². The van der Waals surface area contributed by atoms with Crippen LogP contribution in [0.5, 0.6) is 0 Å². The topological polar surface area (TPSA) is 66.8 Å². The van der Waals surface area contributed by atoms with Crippen LogP contribution in [0.3, 0.4) is 0 Å². The number of amides is 1. The quantitative estimate of drug-likeness (QED) is 0.863. The van der Waals surface area contributed by atoms with Gasteiger partial charge in [-0.25, -0.2) is 4.79 Å². The Kier molecular flexibility index (Phi) is 3.94. The van der Waals surface area contributed by atoms with E-state index >= 15 is 0 Å². The number of benzene rings is 1. The molecule has 1 amide bonds. The molecule has 1 atom stereocenters. The summed E-state index contributed by atoms with van der Waals surface area (Å²) in [4.78, 5) is 24.3. The Labute approximate surface area is 105 Å². The van der Waals surface area contributed by atoms with E-state index in [1.54, 1.807) is 4.90 Å². The molecule has 5 nitrogen and oxygen atoms in total. The number of carboxylic acid groups (broad SMARTS) is 1. The number of ether oxygens (including phenoxy) is 1. The fourth-order valence-corrected chi connectivity index (χ4v) is 1.91. The Morgan fingerprint density at radius 2 is 2.11 bits per heavy atom. The monoisotopic (exact) mass is 249 g/mol. The van der Waals surface area contributed by atoms with Gasteiger partial charge in [0.2, 0.25) is 5.91 Å². The second-order valence-corrected chi connectivity index (χ2v) is 4.23. The zero-order chi connectivity index (χ0) is 13.0. The minimum Gasteiger partial charge on any atom is -0.479 e. The number of hydrogen-bond donors (Lipinski definition) is 1. The van der Waals surface area contributed by atoms with Crippen LogP contribution in [0.2, 0.25) is 0 Å². The van der Waals surface area contributed by atoms with Crippen LogP contribution >= 0.6 is 0 Å².